The molecule has 1 aliphatic carbocycles. The van der Waals surface area contributed by atoms with Crippen LogP contribution in [-0.2, 0) is 4.74 Å². The fourth-order valence-electron chi connectivity index (χ4n) is 1.59. The monoisotopic (exact) mass is 280 g/mol. The van der Waals surface area contributed by atoms with Crippen molar-refractivity contribution in [2.75, 3.05) is 11.1 Å². The Hall–Kier alpha value is -1.98. The van der Waals surface area contributed by atoms with E-state index in [0.29, 0.717) is 6.04 Å². The molecule has 1 aromatic rings. The number of hydrogen-bond acceptors (Lipinski definition) is 5. The molecule has 6 nitrogen and oxygen atoms in total. The van der Waals surface area contributed by atoms with Crippen molar-refractivity contribution in [3.8, 4) is 0 Å². The highest BCUT2D eigenvalue weighted by Gasteiger charge is 2.17. The summed E-state index contributed by atoms with van der Waals surface area (Å²) < 4.78 is 4.58. The summed E-state index contributed by atoms with van der Waals surface area (Å²) in [6.45, 7) is 5.28. The Morgan fingerprint density at radius 1 is 1.45 bits per heavy atom. The summed E-state index contributed by atoms with van der Waals surface area (Å²) in [6.07, 6.45) is 4.85. The molecule has 0 unspecified atom stereocenters. The number of hydrogen-bond donors (Lipinski definition) is 3. The van der Waals surface area contributed by atoms with E-state index >= 15 is 0 Å². The minimum atomic E-state index is -0.725. The minimum Gasteiger partial charge on any atom is -0.444 e. The van der Waals surface area contributed by atoms with Crippen molar-refractivity contribution < 1.29 is 9.53 Å². The van der Waals surface area contributed by atoms with Crippen molar-refractivity contribution in [2.45, 2.75) is 51.7 Å². The van der Waals surface area contributed by atoms with Gasteiger partial charge >= 0.3 is 6.09 Å². The highest BCUT2D eigenvalue weighted by molar-refractivity contribution is 5.65. The SMILES string of the molecule is CC(C)(C)OC(N)=O.Nc1cccnc1NC1CCC1. The highest BCUT2D eigenvalue weighted by atomic mass is 16.6. The van der Waals surface area contributed by atoms with E-state index in [0.717, 1.165) is 11.5 Å². The van der Waals surface area contributed by atoms with Crippen LogP contribution in [0, 0.1) is 0 Å². The molecule has 1 saturated carbocycles. The third kappa shape index (κ3) is 6.26. The summed E-state index contributed by atoms with van der Waals surface area (Å²) in [5.41, 5.74) is 10.7. The van der Waals surface area contributed by atoms with Crippen molar-refractivity contribution in [2.24, 2.45) is 5.73 Å². The maximum Gasteiger partial charge on any atom is 0.405 e. The molecule has 6 heteroatoms. The molecule has 1 fully saturated rings. The molecule has 0 atom stereocenters. The van der Waals surface area contributed by atoms with Crippen LogP contribution in [0.5, 0.6) is 0 Å². The zero-order valence-corrected chi connectivity index (χ0v) is 12.3. The van der Waals surface area contributed by atoms with Gasteiger partial charge in [0.15, 0.2) is 0 Å². The molecule has 0 bridgehead atoms. The van der Waals surface area contributed by atoms with E-state index in [-0.39, 0.29) is 0 Å². The number of nitrogen functional groups attached to an aromatic ring is 1. The van der Waals surface area contributed by atoms with Gasteiger partial charge in [-0.25, -0.2) is 9.78 Å². The summed E-state index contributed by atoms with van der Waals surface area (Å²) in [4.78, 5) is 14.2. The highest BCUT2D eigenvalue weighted by Crippen LogP contribution is 2.24. The Morgan fingerprint density at radius 2 is 2.10 bits per heavy atom. The quantitative estimate of drug-likeness (QED) is 0.772. The molecule has 2 rings (SSSR count). The Kier molecular flexibility index (Phi) is 5.61. The Labute approximate surface area is 119 Å². The first-order chi connectivity index (χ1) is 9.28. The lowest BCUT2D eigenvalue weighted by Crippen LogP contribution is -2.27. The van der Waals surface area contributed by atoms with E-state index in [9.17, 15) is 4.79 Å². The predicted octanol–water partition coefficient (Wildman–Crippen LogP) is 2.51. The number of rotatable bonds is 2. The lowest BCUT2D eigenvalue weighted by Gasteiger charge is -2.27. The van der Waals surface area contributed by atoms with Gasteiger partial charge in [0, 0.05) is 12.2 Å². The van der Waals surface area contributed by atoms with Crippen molar-refractivity contribution in [3.05, 3.63) is 18.3 Å². The fourth-order valence-corrected chi connectivity index (χ4v) is 1.59. The first-order valence-corrected chi connectivity index (χ1v) is 6.73. The average Bonchev–Trinajstić information content (AvgIpc) is 2.23. The number of ether oxygens (including phenoxy) is 1. The first kappa shape index (κ1) is 16.1. The van der Waals surface area contributed by atoms with Crippen molar-refractivity contribution >= 4 is 17.6 Å². The number of pyridine rings is 1. The normalized spacial score (nSPS) is 14.6. The van der Waals surface area contributed by atoms with Gasteiger partial charge in [-0.1, -0.05) is 0 Å². The number of anilines is 2. The van der Waals surface area contributed by atoms with Crippen molar-refractivity contribution in [3.63, 3.8) is 0 Å². The number of aromatic nitrogens is 1. The standard InChI is InChI=1S/C9H13N3.C5H11NO2/c10-8-5-2-6-11-9(8)12-7-3-1-4-7;1-5(2,3)8-4(6)7/h2,5-7H,1,3-4,10H2,(H,11,12);1-3H3,(H2,6,7). The van der Waals surface area contributed by atoms with Gasteiger partial charge in [-0.15, -0.1) is 0 Å². The number of primary amides is 1. The second kappa shape index (κ2) is 6.98. The fraction of sp³-hybridized carbons (Fsp3) is 0.571. The Bertz CT molecular complexity index is 439. The minimum absolute atomic E-state index is 0.453. The molecule has 1 amide bonds. The summed E-state index contributed by atoms with van der Waals surface area (Å²) in [6, 6.07) is 4.32. The van der Waals surface area contributed by atoms with Crippen LogP contribution in [0.3, 0.4) is 0 Å². The summed E-state index contributed by atoms with van der Waals surface area (Å²) >= 11 is 0. The first-order valence-electron chi connectivity index (χ1n) is 6.73. The number of carbonyl (C=O) groups excluding carboxylic acids is 1. The van der Waals surface area contributed by atoms with Crippen LogP contribution in [0.2, 0.25) is 0 Å². The molecule has 1 heterocycles. The van der Waals surface area contributed by atoms with E-state index in [4.69, 9.17) is 11.5 Å². The molecule has 5 N–H and O–H groups in total. The van der Waals surface area contributed by atoms with Crippen LogP contribution < -0.4 is 16.8 Å². The topological polar surface area (TPSA) is 103 Å². The molecule has 1 aliphatic rings. The second-order valence-corrected chi connectivity index (χ2v) is 5.75. The van der Waals surface area contributed by atoms with Crippen molar-refractivity contribution in [1.29, 1.82) is 0 Å². The predicted molar refractivity (Wildman–Crippen MR) is 80.3 cm³/mol. The molecular weight excluding hydrogens is 256 g/mol. The van der Waals surface area contributed by atoms with E-state index in [1.807, 2.05) is 12.1 Å². The third-order valence-electron chi connectivity index (χ3n) is 2.69. The number of amides is 1. The van der Waals surface area contributed by atoms with Crippen LogP contribution in [0.1, 0.15) is 40.0 Å². The third-order valence-corrected chi connectivity index (χ3v) is 2.69. The van der Waals surface area contributed by atoms with Crippen LogP contribution in [0.4, 0.5) is 16.3 Å². The molecule has 0 saturated heterocycles. The molecule has 112 valence electrons. The van der Waals surface area contributed by atoms with Gasteiger partial charge in [0.05, 0.1) is 5.69 Å². The van der Waals surface area contributed by atoms with Crippen LogP contribution in [0.25, 0.3) is 0 Å². The molecule has 0 aromatic carbocycles. The Morgan fingerprint density at radius 3 is 2.45 bits per heavy atom. The average molecular weight is 280 g/mol. The lowest BCUT2D eigenvalue weighted by molar-refractivity contribution is 0.0600. The molecule has 0 aliphatic heterocycles. The van der Waals surface area contributed by atoms with Crippen molar-refractivity contribution in [1.82, 2.24) is 4.98 Å². The maximum absolute atomic E-state index is 10.0. The van der Waals surface area contributed by atoms with Gasteiger partial charge < -0.3 is 21.5 Å². The second-order valence-electron chi connectivity index (χ2n) is 5.75. The lowest BCUT2D eigenvalue weighted by atomic mass is 9.93. The Balaban J connectivity index is 0.000000221. The van der Waals surface area contributed by atoms with Gasteiger partial charge in [0.25, 0.3) is 0 Å². The van der Waals surface area contributed by atoms with E-state index in [1.54, 1.807) is 27.0 Å². The maximum atomic E-state index is 10.0. The number of nitrogens with zero attached hydrogens (tertiary/aromatic N) is 1. The van der Waals surface area contributed by atoms with Gasteiger partial charge in [-0.2, -0.15) is 0 Å². The zero-order chi connectivity index (χ0) is 15.2. The van der Waals surface area contributed by atoms with E-state index in [2.05, 4.69) is 15.0 Å². The van der Waals surface area contributed by atoms with Crippen LogP contribution in [-0.4, -0.2) is 22.7 Å². The number of nitrogens with two attached hydrogens (primary N) is 2. The molecule has 0 spiro atoms. The molecule has 0 radical (unpaired) electrons. The number of carbonyl (C=O) groups is 1. The molecule has 20 heavy (non-hydrogen) atoms. The summed E-state index contributed by atoms with van der Waals surface area (Å²) in [5, 5.41) is 3.31. The molecule has 1 aromatic heterocycles. The van der Waals surface area contributed by atoms with E-state index in [1.165, 1.54) is 19.3 Å². The summed E-state index contributed by atoms with van der Waals surface area (Å²) in [7, 11) is 0. The van der Waals surface area contributed by atoms with Gasteiger partial charge in [-0.3, -0.25) is 0 Å². The smallest absolute Gasteiger partial charge is 0.405 e. The zero-order valence-electron chi connectivity index (χ0n) is 12.3. The largest absolute Gasteiger partial charge is 0.444 e. The summed E-state index contributed by atoms with van der Waals surface area (Å²) in [5.74, 6) is 0.835. The van der Waals surface area contributed by atoms with Crippen LogP contribution in [0.15, 0.2) is 18.3 Å². The number of nitrogens with one attached hydrogen (secondary N) is 1. The van der Waals surface area contributed by atoms with E-state index < -0.39 is 11.7 Å². The van der Waals surface area contributed by atoms with Gasteiger partial charge in [0.1, 0.15) is 11.4 Å². The van der Waals surface area contributed by atoms with Crippen LogP contribution >= 0.6 is 0 Å². The molecular formula is C14H24N4O2. The van der Waals surface area contributed by atoms with Gasteiger partial charge in [-0.05, 0) is 52.2 Å². The van der Waals surface area contributed by atoms with Gasteiger partial charge in [0.2, 0.25) is 0 Å².